The molecular weight excluding hydrogens is 414 g/mol. The predicted molar refractivity (Wildman–Crippen MR) is 118 cm³/mol. The number of non-ortho nitro benzene ring substituents is 1. The third-order valence-corrected chi connectivity index (χ3v) is 5.43. The normalized spacial score (nSPS) is 10.6. The quantitative estimate of drug-likeness (QED) is 0.199. The standard InChI is InChI=1S/C22H17N5O3S/c28-21(14-31-22-23-15-24-26(22)19-4-2-1-3-5-19)25-18-10-6-16(7-11-18)17-8-12-20(13-9-17)27(29)30/h1-13,15H,14H2,(H,25,28)/p+1. The zero-order chi connectivity index (χ0) is 21.6. The van der Waals surface area contributed by atoms with Crippen LogP contribution < -0.4 is 10.00 Å². The Morgan fingerprint density at radius 1 is 1.00 bits per heavy atom. The minimum Gasteiger partial charge on any atom is -0.325 e. The maximum absolute atomic E-state index is 12.4. The summed E-state index contributed by atoms with van der Waals surface area (Å²) in [5.74, 6) is 0.0672. The van der Waals surface area contributed by atoms with Crippen LogP contribution in [0.1, 0.15) is 0 Å². The van der Waals surface area contributed by atoms with E-state index in [1.54, 1.807) is 30.6 Å². The lowest BCUT2D eigenvalue weighted by Crippen LogP contribution is -2.35. The van der Waals surface area contributed by atoms with Gasteiger partial charge in [-0.3, -0.25) is 14.9 Å². The molecule has 0 unspecified atom stereocenters. The second kappa shape index (κ2) is 9.23. The molecule has 0 saturated carbocycles. The van der Waals surface area contributed by atoms with Gasteiger partial charge in [0, 0.05) is 17.8 Å². The van der Waals surface area contributed by atoms with Crippen molar-refractivity contribution in [2.75, 3.05) is 11.1 Å². The number of nitro groups is 1. The maximum atomic E-state index is 12.4. The lowest BCUT2D eigenvalue weighted by atomic mass is 10.1. The molecule has 4 aromatic rings. The van der Waals surface area contributed by atoms with Gasteiger partial charge >= 0.3 is 5.16 Å². The number of H-pyrrole nitrogens is 1. The van der Waals surface area contributed by atoms with Crippen molar-refractivity contribution in [3.63, 3.8) is 0 Å². The van der Waals surface area contributed by atoms with Crippen molar-refractivity contribution in [3.8, 4) is 16.8 Å². The number of nitrogens with zero attached hydrogens (tertiary/aromatic N) is 3. The Balaban J connectivity index is 1.35. The lowest BCUT2D eigenvalue weighted by Gasteiger charge is -2.06. The molecule has 0 radical (unpaired) electrons. The molecule has 0 aliphatic carbocycles. The first-order chi connectivity index (χ1) is 15.1. The fraction of sp³-hybridized carbons (Fsp3) is 0.0455. The number of amides is 1. The van der Waals surface area contributed by atoms with Crippen molar-refractivity contribution in [2.24, 2.45) is 0 Å². The highest BCUT2D eigenvalue weighted by Crippen LogP contribution is 2.24. The van der Waals surface area contributed by atoms with Crippen molar-refractivity contribution in [3.05, 3.63) is 95.3 Å². The number of para-hydroxylation sites is 1. The summed E-state index contributed by atoms with van der Waals surface area (Å²) in [5, 5.41) is 17.4. The number of anilines is 1. The van der Waals surface area contributed by atoms with Crippen molar-refractivity contribution < 1.29 is 14.4 Å². The summed E-state index contributed by atoms with van der Waals surface area (Å²) >= 11 is 1.33. The number of aromatic amines is 1. The van der Waals surface area contributed by atoms with Gasteiger partial charge in [-0.2, -0.15) is 5.10 Å². The number of benzene rings is 3. The molecule has 0 aliphatic rings. The van der Waals surface area contributed by atoms with E-state index >= 15 is 0 Å². The second-order valence-corrected chi connectivity index (χ2v) is 7.50. The third-order valence-electron chi connectivity index (χ3n) is 4.48. The number of hydrogen-bond donors (Lipinski definition) is 2. The van der Waals surface area contributed by atoms with Gasteiger partial charge in [-0.25, -0.2) is 0 Å². The van der Waals surface area contributed by atoms with Gasteiger partial charge in [-0.05, 0) is 64.3 Å². The van der Waals surface area contributed by atoms with Crippen LogP contribution in [0.5, 0.6) is 0 Å². The Bertz CT molecular complexity index is 1190. The van der Waals surface area contributed by atoms with E-state index < -0.39 is 4.92 Å². The molecule has 1 heterocycles. The molecule has 2 N–H and O–H groups in total. The van der Waals surface area contributed by atoms with E-state index in [2.05, 4.69) is 15.4 Å². The van der Waals surface area contributed by atoms with Crippen molar-refractivity contribution in [1.82, 2.24) is 10.1 Å². The van der Waals surface area contributed by atoms with E-state index in [-0.39, 0.29) is 17.3 Å². The van der Waals surface area contributed by atoms with E-state index in [4.69, 9.17) is 0 Å². The van der Waals surface area contributed by atoms with Gasteiger partial charge in [0.2, 0.25) is 12.2 Å². The molecule has 1 amide bonds. The van der Waals surface area contributed by atoms with Gasteiger partial charge in [0.25, 0.3) is 5.69 Å². The van der Waals surface area contributed by atoms with Crippen molar-refractivity contribution in [1.29, 1.82) is 0 Å². The topological polar surface area (TPSA) is 105 Å². The van der Waals surface area contributed by atoms with Gasteiger partial charge in [-0.1, -0.05) is 30.3 Å². The average molecular weight is 432 g/mol. The van der Waals surface area contributed by atoms with E-state index in [1.807, 2.05) is 47.1 Å². The minimum atomic E-state index is -0.426. The van der Waals surface area contributed by atoms with Crippen LogP contribution in [-0.2, 0) is 4.79 Å². The highest BCUT2D eigenvalue weighted by Gasteiger charge is 2.18. The number of carbonyl (C=O) groups is 1. The zero-order valence-electron chi connectivity index (χ0n) is 16.3. The van der Waals surface area contributed by atoms with Gasteiger partial charge in [-0.15, -0.1) is 4.68 Å². The van der Waals surface area contributed by atoms with Crippen LogP contribution in [0.25, 0.3) is 16.8 Å². The molecule has 1 aromatic heterocycles. The molecule has 31 heavy (non-hydrogen) atoms. The highest BCUT2D eigenvalue weighted by atomic mass is 32.2. The molecule has 3 aromatic carbocycles. The number of nitro benzene ring substituents is 1. The first-order valence-corrected chi connectivity index (χ1v) is 10.4. The van der Waals surface area contributed by atoms with Gasteiger partial charge in [0.05, 0.1) is 10.7 Å². The monoisotopic (exact) mass is 432 g/mol. The molecule has 0 bridgehead atoms. The Hall–Kier alpha value is -3.98. The second-order valence-electron chi connectivity index (χ2n) is 6.56. The van der Waals surface area contributed by atoms with Crippen LogP contribution in [0.15, 0.2) is 90.3 Å². The van der Waals surface area contributed by atoms with Crippen molar-refractivity contribution in [2.45, 2.75) is 5.16 Å². The fourth-order valence-corrected chi connectivity index (χ4v) is 3.71. The molecule has 4 rings (SSSR count). The Morgan fingerprint density at radius 2 is 1.65 bits per heavy atom. The first-order valence-electron chi connectivity index (χ1n) is 9.38. The van der Waals surface area contributed by atoms with Crippen LogP contribution in [0.4, 0.5) is 11.4 Å². The summed E-state index contributed by atoms with van der Waals surface area (Å²) in [4.78, 5) is 27.0. The van der Waals surface area contributed by atoms with E-state index in [0.29, 0.717) is 10.8 Å². The number of carbonyl (C=O) groups excluding carboxylic acids is 1. The Labute approximate surface area is 182 Å². The number of hydrogen-bond acceptors (Lipinski definition) is 5. The van der Waals surface area contributed by atoms with E-state index in [0.717, 1.165) is 16.8 Å². The number of thioether (sulfide) groups is 1. The minimum absolute atomic E-state index is 0.0515. The molecule has 0 aliphatic heterocycles. The summed E-state index contributed by atoms with van der Waals surface area (Å²) in [5.41, 5.74) is 3.43. The molecule has 9 heteroatoms. The number of nitrogens with one attached hydrogen (secondary N) is 2. The average Bonchev–Trinajstić information content (AvgIpc) is 3.28. The first kappa shape index (κ1) is 20.3. The van der Waals surface area contributed by atoms with Crippen LogP contribution >= 0.6 is 11.8 Å². The zero-order valence-corrected chi connectivity index (χ0v) is 17.1. The van der Waals surface area contributed by atoms with E-state index in [9.17, 15) is 14.9 Å². The van der Waals surface area contributed by atoms with Crippen LogP contribution in [0, 0.1) is 10.1 Å². The van der Waals surface area contributed by atoms with Crippen molar-refractivity contribution >= 4 is 29.0 Å². The SMILES string of the molecule is O=C(CSc1nc[nH][n+]1-c1ccccc1)Nc1ccc(-c2ccc([N+](=O)[O-])cc2)cc1. The van der Waals surface area contributed by atoms with Crippen LogP contribution in [0.3, 0.4) is 0 Å². The summed E-state index contributed by atoms with van der Waals surface area (Å²) in [6, 6.07) is 23.4. The molecule has 154 valence electrons. The van der Waals surface area contributed by atoms with E-state index in [1.165, 1.54) is 23.9 Å². The lowest BCUT2D eigenvalue weighted by molar-refractivity contribution is -0.694. The van der Waals surface area contributed by atoms with Gasteiger partial charge in [0.1, 0.15) is 0 Å². The highest BCUT2D eigenvalue weighted by molar-refractivity contribution is 7.99. The molecular formula is C22H18N5O3S+. The maximum Gasteiger partial charge on any atom is 0.385 e. The number of rotatable bonds is 7. The van der Waals surface area contributed by atoms with Crippen LogP contribution in [0.2, 0.25) is 0 Å². The summed E-state index contributed by atoms with van der Waals surface area (Å²) < 4.78 is 1.82. The largest absolute Gasteiger partial charge is 0.385 e. The van der Waals surface area contributed by atoms with Crippen LogP contribution in [-0.4, -0.2) is 26.7 Å². The molecule has 0 fully saturated rings. The molecule has 0 saturated heterocycles. The molecule has 0 spiro atoms. The summed E-state index contributed by atoms with van der Waals surface area (Å²) in [6.45, 7) is 0. The fourth-order valence-electron chi connectivity index (χ4n) is 2.97. The van der Waals surface area contributed by atoms with Gasteiger partial charge in [0.15, 0.2) is 5.69 Å². The third kappa shape index (κ3) is 4.96. The Morgan fingerprint density at radius 3 is 2.29 bits per heavy atom. The molecule has 8 nitrogen and oxygen atoms in total. The van der Waals surface area contributed by atoms with Gasteiger partial charge < -0.3 is 5.32 Å². The summed E-state index contributed by atoms with van der Waals surface area (Å²) in [7, 11) is 0. The molecule has 0 atom stereocenters. The summed E-state index contributed by atoms with van der Waals surface area (Å²) in [6.07, 6.45) is 1.59. The number of aromatic nitrogens is 3. The Kier molecular flexibility index (Phi) is 6.04. The predicted octanol–water partition coefficient (Wildman–Crippen LogP) is 3.99. The smallest absolute Gasteiger partial charge is 0.325 e.